The summed E-state index contributed by atoms with van der Waals surface area (Å²) >= 11 is 3.38. The number of benzene rings is 2. The Morgan fingerprint density at radius 2 is 1.87 bits per heavy atom. The van der Waals surface area contributed by atoms with E-state index in [-0.39, 0.29) is 12.5 Å². The monoisotopic (exact) mass is 377 g/mol. The van der Waals surface area contributed by atoms with E-state index in [4.69, 9.17) is 9.47 Å². The fraction of sp³-hybridized carbons (Fsp3) is 0.278. The number of carbonyl (C=O) groups excluding carboxylic acids is 1. The van der Waals surface area contributed by atoms with Crippen LogP contribution in [0.5, 0.6) is 11.5 Å². The van der Waals surface area contributed by atoms with E-state index in [0.29, 0.717) is 23.1 Å². The average molecular weight is 378 g/mol. The topological polar surface area (TPSA) is 47.6 Å². The normalized spacial score (nSPS) is 10.5. The Bertz CT molecular complexity index is 668. The predicted molar refractivity (Wildman–Crippen MR) is 95.3 cm³/mol. The first kappa shape index (κ1) is 17.3. The smallest absolute Gasteiger partial charge is 0.262 e. The molecule has 0 aliphatic heterocycles. The fourth-order valence-corrected chi connectivity index (χ4v) is 2.58. The van der Waals surface area contributed by atoms with Crippen molar-refractivity contribution in [1.82, 2.24) is 0 Å². The summed E-state index contributed by atoms with van der Waals surface area (Å²) in [5, 5.41) is 2.78. The van der Waals surface area contributed by atoms with Crippen LogP contribution in [0, 0.1) is 0 Å². The van der Waals surface area contributed by atoms with Gasteiger partial charge in [0.15, 0.2) is 6.61 Å². The SMILES string of the molecule is COc1ccc(NC(=O)COc2ccc(C(C)C)cc2)cc1Br. The highest BCUT2D eigenvalue weighted by molar-refractivity contribution is 9.10. The van der Waals surface area contributed by atoms with Crippen LogP contribution in [0.25, 0.3) is 0 Å². The number of methoxy groups -OCH3 is 1. The largest absolute Gasteiger partial charge is 0.496 e. The van der Waals surface area contributed by atoms with Crippen LogP contribution >= 0.6 is 15.9 Å². The second-order valence-corrected chi connectivity index (χ2v) is 6.26. The molecule has 2 aromatic carbocycles. The van der Waals surface area contributed by atoms with Gasteiger partial charge in [0.05, 0.1) is 11.6 Å². The van der Waals surface area contributed by atoms with E-state index < -0.39 is 0 Å². The number of halogens is 1. The van der Waals surface area contributed by atoms with E-state index in [1.54, 1.807) is 25.3 Å². The van der Waals surface area contributed by atoms with Crippen molar-refractivity contribution in [2.75, 3.05) is 19.0 Å². The molecule has 0 aliphatic rings. The van der Waals surface area contributed by atoms with Crippen LogP contribution < -0.4 is 14.8 Å². The van der Waals surface area contributed by atoms with E-state index >= 15 is 0 Å². The van der Waals surface area contributed by atoms with E-state index in [2.05, 4.69) is 35.1 Å². The zero-order chi connectivity index (χ0) is 16.8. The van der Waals surface area contributed by atoms with Crippen LogP contribution in [-0.2, 0) is 4.79 Å². The van der Waals surface area contributed by atoms with Crippen LogP contribution in [0.15, 0.2) is 46.9 Å². The van der Waals surface area contributed by atoms with Crippen LogP contribution in [-0.4, -0.2) is 19.6 Å². The minimum absolute atomic E-state index is 0.0370. The molecule has 0 bridgehead atoms. The lowest BCUT2D eigenvalue weighted by atomic mass is 10.0. The van der Waals surface area contributed by atoms with Crippen molar-refractivity contribution in [3.63, 3.8) is 0 Å². The summed E-state index contributed by atoms with van der Waals surface area (Å²) in [6.07, 6.45) is 0. The highest BCUT2D eigenvalue weighted by Crippen LogP contribution is 2.27. The molecule has 0 saturated heterocycles. The lowest BCUT2D eigenvalue weighted by Gasteiger charge is -2.10. The summed E-state index contributed by atoms with van der Waals surface area (Å²) < 4.78 is 11.4. The van der Waals surface area contributed by atoms with Gasteiger partial charge in [-0.2, -0.15) is 0 Å². The molecule has 1 N–H and O–H groups in total. The second kappa shape index (κ2) is 8.02. The Labute approximate surface area is 144 Å². The third-order valence-electron chi connectivity index (χ3n) is 3.35. The van der Waals surface area contributed by atoms with E-state index in [1.807, 2.05) is 24.3 Å². The zero-order valence-corrected chi connectivity index (χ0v) is 15.0. The van der Waals surface area contributed by atoms with Crippen LogP contribution in [0.4, 0.5) is 5.69 Å². The van der Waals surface area contributed by atoms with Gasteiger partial charge in [-0.15, -0.1) is 0 Å². The van der Waals surface area contributed by atoms with Gasteiger partial charge in [0.1, 0.15) is 11.5 Å². The number of rotatable bonds is 6. The third kappa shape index (κ3) is 4.99. The maximum absolute atomic E-state index is 11.9. The molecule has 0 aliphatic carbocycles. The zero-order valence-electron chi connectivity index (χ0n) is 13.4. The molecule has 0 heterocycles. The summed E-state index contributed by atoms with van der Waals surface area (Å²) in [6.45, 7) is 4.23. The van der Waals surface area contributed by atoms with Crippen LogP contribution in [0.2, 0.25) is 0 Å². The molecule has 0 atom stereocenters. The molecule has 2 rings (SSSR count). The van der Waals surface area contributed by atoms with Crippen molar-refractivity contribution in [1.29, 1.82) is 0 Å². The average Bonchev–Trinajstić information content (AvgIpc) is 2.53. The highest BCUT2D eigenvalue weighted by atomic mass is 79.9. The molecule has 0 radical (unpaired) electrons. The minimum Gasteiger partial charge on any atom is -0.496 e. The van der Waals surface area contributed by atoms with Crippen LogP contribution in [0.3, 0.4) is 0 Å². The van der Waals surface area contributed by atoms with Gasteiger partial charge in [0.25, 0.3) is 5.91 Å². The maximum Gasteiger partial charge on any atom is 0.262 e. The first-order valence-electron chi connectivity index (χ1n) is 7.35. The van der Waals surface area contributed by atoms with Gasteiger partial charge in [-0.25, -0.2) is 0 Å². The molecule has 0 spiro atoms. The number of ether oxygens (including phenoxy) is 2. The highest BCUT2D eigenvalue weighted by Gasteiger charge is 2.07. The molecular weight excluding hydrogens is 358 g/mol. The third-order valence-corrected chi connectivity index (χ3v) is 3.97. The van der Waals surface area contributed by atoms with Gasteiger partial charge < -0.3 is 14.8 Å². The molecule has 0 unspecified atom stereocenters. The molecule has 0 aromatic heterocycles. The number of amides is 1. The molecule has 0 saturated carbocycles. The van der Waals surface area contributed by atoms with Gasteiger partial charge in [0, 0.05) is 5.69 Å². The Morgan fingerprint density at radius 1 is 1.17 bits per heavy atom. The Morgan fingerprint density at radius 3 is 2.43 bits per heavy atom. The first-order chi connectivity index (χ1) is 11.0. The molecule has 0 fully saturated rings. The van der Waals surface area contributed by atoms with Gasteiger partial charge >= 0.3 is 0 Å². The van der Waals surface area contributed by atoms with Crippen molar-refractivity contribution >= 4 is 27.5 Å². The maximum atomic E-state index is 11.9. The number of carbonyl (C=O) groups is 1. The van der Waals surface area contributed by atoms with E-state index in [1.165, 1.54) is 5.56 Å². The van der Waals surface area contributed by atoms with E-state index in [9.17, 15) is 4.79 Å². The summed E-state index contributed by atoms with van der Waals surface area (Å²) in [5.41, 5.74) is 1.92. The Balaban J connectivity index is 1.88. The summed E-state index contributed by atoms with van der Waals surface area (Å²) in [5.74, 6) is 1.65. The number of nitrogens with one attached hydrogen (secondary N) is 1. The molecule has 4 nitrogen and oxygen atoms in total. The standard InChI is InChI=1S/C18H20BrNO3/c1-12(2)13-4-7-15(8-5-13)23-11-18(21)20-14-6-9-17(22-3)16(19)10-14/h4-10,12H,11H2,1-3H3,(H,20,21). The molecule has 122 valence electrons. The Hall–Kier alpha value is -2.01. The predicted octanol–water partition coefficient (Wildman–Crippen LogP) is 4.60. The number of hydrogen-bond donors (Lipinski definition) is 1. The Kier molecular flexibility index (Phi) is 6.04. The first-order valence-corrected chi connectivity index (χ1v) is 8.15. The van der Waals surface area contributed by atoms with Gasteiger partial charge in [-0.3, -0.25) is 4.79 Å². The summed E-state index contributed by atoms with van der Waals surface area (Å²) in [4.78, 5) is 11.9. The van der Waals surface area contributed by atoms with Crippen molar-refractivity contribution in [2.24, 2.45) is 0 Å². The van der Waals surface area contributed by atoms with Crippen molar-refractivity contribution in [3.05, 3.63) is 52.5 Å². The molecular formula is C18H20BrNO3. The lowest BCUT2D eigenvalue weighted by molar-refractivity contribution is -0.118. The minimum atomic E-state index is -0.213. The quantitative estimate of drug-likeness (QED) is 0.799. The summed E-state index contributed by atoms with van der Waals surface area (Å²) in [7, 11) is 1.59. The fourth-order valence-electron chi connectivity index (χ4n) is 2.04. The second-order valence-electron chi connectivity index (χ2n) is 5.41. The molecule has 2 aromatic rings. The van der Waals surface area contributed by atoms with E-state index in [0.717, 1.165) is 4.47 Å². The molecule has 5 heteroatoms. The number of hydrogen-bond acceptors (Lipinski definition) is 3. The molecule has 1 amide bonds. The van der Waals surface area contributed by atoms with Gasteiger partial charge in [-0.05, 0) is 57.7 Å². The van der Waals surface area contributed by atoms with Gasteiger partial charge in [0.2, 0.25) is 0 Å². The molecule has 23 heavy (non-hydrogen) atoms. The van der Waals surface area contributed by atoms with Crippen molar-refractivity contribution in [3.8, 4) is 11.5 Å². The number of anilines is 1. The lowest BCUT2D eigenvalue weighted by Crippen LogP contribution is -2.20. The summed E-state index contributed by atoms with van der Waals surface area (Å²) in [6, 6.07) is 13.1. The van der Waals surface area contributed by atoms with Crippen molar-refractivity contribution < 1.29 is 14.3 Å². The van der Waals surface area contributed by atoms with Gasteiger partial charge in [-0.1, -0.05) is 26.0 Å². The van der Waals surface area contributed by atoms with Crippen LogP contribution in [0.1, 0.15) is 25.3 Å². The van der Waals surface area contributed by atoms with Crippen molar-refractivity contribution in [2.45, 2.75) is 19.8 Å².